The minimum atomic E-state index is -5.78. The Morgan fingerprint density at radius 2 is 1.67 bits per heavy atom. The normalized spacial score (nSPS) is 16.2. The first kappa shape index (κ1) is 11.8. The number of rotatable bonds is 3. The van der Waals surface area contributed by atoms with Gasteiger partial charge in [0.2, 0.25) is 0 Å². The summed E-state index contributed by atoms with van der Waals surface area (Å²) in [5.74, 6) is 0. The first-order valence-electron chi connectivity index (χ1n) is 2.83. The fourth-order valence-corrected chi connectivity index (χ4v) is 0.981. The highest BCUT2D eigenvalue weighted by atomic mass is 32.2. The van der Waals surface area contributed by atoms with Crippen molar-refractivity contribution in [3.63, 3.8) is 0 Å². The second-order valence-corrected chi connectivity index (χ2v) is 3.12. The summed E-state index contributed by atoms with van der Waals surface area (Å²) in [6.07, 6.45) is -5.78. The molecule has 0 radical (unpaired) electrons. The lowest BCUT2D eigenvalue weighted by molar-refractivity contribution is -0.240. The molecule has 0 aliphatic rings. The third-order valence-corrected chi connectivity index (χ3v) is 2.09. The van der Waals surface area contributed by atoms with E-state index in [0.29, 0.717) is 0 Å². The fourth-order valence-electron chi connectivity index (χ4n) is 0.327. The zero-order valence-electron chi connectivity index (χ0n) is 5.91. The molecule has 12 heavy (non-hydrogen) atoms. The SMILES string of the molecule is CCNS(=O)C(F)(F)C(F)(F)F. The predicted octanol–water partition coefficient (Wildman–Crippen LogP) is 1.41. The Morgan fingerprint density at radius 1 is 1.25 bits per heavy atom. The first-order valence-corrected chi connectivity index (χ1v) is 3.98. The van der Waals surface area contributed by atoms with E-state index in [2.05, 4.69) is 0 Å². The summed E-state index contributed by atoms with van der Waals surface area (Å²) in [5.41, 5.74) is 0. The van der Waals surface area contributed by atoms with E-state index in [0.717, 1.165) is 0 Å². The summed E-state index contributed by atoms with van der Waals surface area (Å²) >= 11 is 0. The van der Waals surface area contributed by atoms with Crippen molar-refractivity contribution in [2.24, 2.45) is 0 Å². The molecule has 0 amide bonds. The highest BCUT2D eigenvalue weighted by molar-refractivity contribution is 7.84. The Labute approximate surface area is 67.7 Å². The molecule has 0 aromatic rings. The second kappa shape index (κ2) is 3.65. The summed E-state index contributed by atoms with van der Waals surface area (Å²) in [7, 11) is -3.41. The fraction of sp³-hybridized carbons (Fsp3) is 1.00. The molecule has 0 aliphatic carbocycles. The van der Waals surface area contributed by atoms with Crippen LogP contribution in [0.5, 0.6) is 0 Å². The lowest BCUT2D eigenvalue weighted by atomic mass is 10.7. The standard InChI is InChI=1S/C4H6F5NOS/c1-2-10-12(11)4(8,9)3(5,6)7/h10H,2H2,1H3. The molecule has 8 heteroatoms. The summed E-state index contributed by atoms with van der Waals surface area (Å²) in [6, 6.07) is 0. The molecule has 1 N–H and O–H groups in total. The molecule has 0 bridgehead atoms. The van der Waals surface area contributed by atoms with Gasteiger partial charge in [-0.15, -0.1) is 0 Å². The average Bonchev–Trinajstić information content (AvgIpc) is 1.85. The van der Waals surface area contributed by atoms with Crippen LogP contribution in [-0.2, 0) is 11.0 Å². The van der Waals surface area contributed by atoms with E-state index < -0.39 is 22.4 Å². The van der Waals surface area contributed by atoms with Crippen LogP contribution in [0.1, 0.15) is 6.92 Å². The number of nitrogens with one attached hydrogen (secondary N) is 1. The number of alkyl halides is 5. The monoisotopic (exact) mass is 211 g/mol. The topological polar surface area (TPSA) is 29.1 Å². The maximum atomic E-state index is 12.0. The van der Waals surface area contributed by atoms with Crippen molar-refractivity contribution >= 4 is 11.0 Å². The molecule has 2 nitrogen and oxygen atoms in total. The maximum absolute atomic E-state index is 12.0. The molecule has 0 fully saturated rings. The van der Waals surface area contributed by atoms with Gasteiger partial charge in [-0.05, 0) is 0 Å². The molecule has 0 saturated heterocycles. The van der Waals surface area contributed by atoms with Crippen LogP contribution in [0.2, 0.25) is 0 Å². The molecule has 0 saturated carbocycles. The van der Waals surface area contributed by atoms with Crippen LogP contribution in [0.15, 0.2) is 0 Å². The van der Waals surface area contributed by atoms with Gasteiger partial charge in [0, 0.05) is 6.54 Å². The maximum Gasteiger partial charge on any atom is 0.468 e. The van der Waals surface area contributed by atoms with Gasteiger partial charge in [0.15, 0.2) is 11.0 Å². The van der Waals surface area contributed by atoms with Crippen LogP contribution in [0, 0.1) is 0 Å². The molecule has 0 heterocycles. The molecule has 0 aromatic carbocycles. The van der Waals surface area contributed by atoms with Crippen molar-refractivity contribution in [1.82, 2.24) is 4.72 Å². The minimum absolute atomic E-state index is 0.224. The van der Waals surface area contributed by atoms with Crippen molar-refractivity contribution in [3.8, 4) is 0 Å². The van der Waals surface area contributed by atoms with Crippen molar-refractivity contribution in [3.05, 3.63) is 0 Å². The third kappa shape index (κ3) is 2.37. The molecule has 1 unspecified atom stereocenters. The Balaban J connectivity index is 4.50. The zero-order valence-corrected chi connectivity index (χ0v) is 6.73. The highest BCUT2D eigenvalue weighted by Gasteiger charge is 2.62. The average molecular weight is 211 g/mol. The largest absolute Gasteiger partial charge is 0.468 e. The van der Waals surface area contributed by atoms with Gasteiger partial charge in [-0.3, -0.25) is 0 Å². The molecule has 0 spiro atoms. The number of hydrogen-bond acceptors (Lipinski definition) is 1. The predicted molar refractivity (Wildman–Crippen MR) is 32.8 cm³/mol. The number of halogens is 5. The summed E-state index contributed by atoms with van der Waals surface area (Å²) in [5, 5.41) is -5.19. The zero-order chi connectivity index (χ0) is 9.99. The molecule has 0 aliphatic heterocycles. The Morgan fingerprint density at radius 3 is 1.92 bits per heavy atom. The van der Waals surface area contributed by atoms with Crippen LogP contribution in [0.3, 0.4) is 0 Å². The van der Waals surface area contributed by atoms with Crippen LogP contribution in [0.4, 0.5) is 22.0 Å². The van der Waals surface area contributed by atoms with E-state index in [9.17, 15) is 26.2 Å². The molecule has 1 atom stereocenters. The van der Waals surface area contributed by atoms with E-state index >= 15 is 0 Å². The van der Waals surface area contributed by atoms with Crippen molar-refractivity contribution < 1.29 is 26.2 Å². The minimum Gasteiger partial charge on any atom is -0.236 e. The number of hydrogen-bond donors (Lipinski definition) is 1. The summed E-state index contributed by atoms with van der Waals surface area (Å²) in [4.78, 5) is 0. The summed E-state index contributed by atoms with van der Waals surface area (Å²) in [6.45, 7) is 1.04. The molecule has 0 aromatic heterocycles. The van der Waals surface area contributed by atoms with Gasteiger partial charge in [-0.1, -0.05) is 6.92 Å². The quantitative estimate of drug-likeness (QED) is 0.702. The van der Waals surface area contributed by atoms with Gasteiger partial charge in [0.25, 0.3) is 0 Å². The van der Waals surface area contributed by atoms with Crippen LogP contribution in [-0.4, -0.2) is 22.2 Å². The molecular weight excluding hydrogens is 205 g/mol. The third-order valence-electron chi connectivity index (χ3n) is 0.838. The van der Waals surface area contributed by atoms with Crippen LogP contribution in [0.25, 0.3) is 0 Å². The van der Waals surface area contributed by atoms with Crippen molar-refractivity contribution in [1.29, 1.82) is 0 Å². The Kier molecular flexibility index (Phi) is 3.58. The van der Waals surface area contributed by atoms with Crippen LogP contribution >= 0.6 is 0 Å². The second-order valence-electron chi connectivity index (χ2n) is 1.78. The van der Waals surface area contributed by atoms with Crippen molar-refractivity contribution in [2.45, 2.75) is 18.4 Å². The van der Waals surface area contributed by atoms with Gasteiger partial charge in [-0.2, -0.15) is 22.0 Å². The first-order chi connectivity index (χ1) is 5.23. The lowest BCUT2D eigenvalue weighted by Gasteiger charge is -2.18. The van der Waals surface area contributed by atoms with E-state index in [4.69, 9.17) is 0 Å². The smallest absolute Gasteiger partial charge is 0.236 e. The molecule has 0 rings (SSSR count). The Bertz CT molecular complexity index is 179. The van der Waals surface area contributed by atoms with Gasteiger partial charge >= 0.3 is 11.4 Å². The summed E-state index contributed by atoms with van der Waals surface area (Å²) < 4.78 is 70.1. The van der Waals surface area contributed by atoms with Crippen molar-refractivity contribution in [2.75, 3.05) is 6.54 Å². The van der Waals surface area contributed by atoms with Gasteiger partial charge in [0.05, 0.1) is 0 Å². The van der Waals surface area contributed by atoms with E-state index in [1.54, 1.807) is 0 Å². The molecular formula is C4H6F5NOS. The van der Waals surface area contributed by atoms with Crippen LogP contribution < -0.4 is 4.72 Å². The van der Waals surface area contributed by atoms with Gasteiger partial charge in [0.1, 0.15) is 0 Å². The molecule has 74 valence electrons. The highest BCUT2D eigenvalue weighted by Crippen LogP contribution is 2.37. The van der Waals surface area contributed by atoms with E-state index in [-0.39, 0.29) is 6.54 Å². The van der Waals surface area contributed by atoms with E-state index in [1.165, 1.54) is 11.6 Å². The van der Waals surface area contributed by atoms with Gasteiger partial charge in [-0.25, -0.2) is 8.93 Å². The Hall–Kier alpha value is -0.240. The van der Waals surface area contributed by atoms with E-state index in [1.807, 2.05) is 0 Å². The van der Waals surface area contributed by atoms with Gasteiger partial charge < -0.3 is 0 Å². The lowest BCUT2D eigenvalue weighted by Crippen LogP contribution is -2.45.